The minimum atomic E-state index is -3.65. The predicted molar refractivity (Wildman–Crippen MR) is 61.5 cm³/mol. The third-order valence-electron chi connectivity index (χ3n) is 1.78. The van der Waals surface area contributed by atoms with E-state index < -0.39 is 10.0 Å². The third kappa shape index (κ3) is 2.10. The quantitative estimate of drug-likeness (QED) is 0.895. The Labute approximate surface area is 95.5 Å². The highest BCUT2D eigenvalue weighted by Crippen LogP contribution is 2.31. The largest absolute Gasteiger partial charge is 0.248 e. The van der Waals surface area contributed by atoms with E-state index in [1.54, 1.807) is 11.4 Å². The number of rotatable bonds is 2. The number of thiazole rings is 1. The van der Waals surface area contributed by atoms with E-state index in [9.17, 15) is 8.42 Å². The Morgan fingerprint density at radius 2 is 2.13 bits per heavy atom. The van der Waals surface area contributed by atoms with Crippen LogP contribution in [0.4, 0.5) is 0 Å². The van der Waals surface area contributed by atoms with Gasteiger partial charge in [-0.25, -0.2) is 18.5 Å². The Morgan fingerprint density at radius 1 is 1.40 bits per heavy atom. The molecule has 0 bridgehead atoms. The zero-order valence-electron chi connectivity index (χ0n) is 7.80. The number of nitrogens with zero attached hydrogens (tertiary/aromatic N) is 1. The SMILES string of the molecule is Cc1nc(-c2ccsc2S(N)(=O)=O)cs1. The zero-order valence-corrected chi connectivity index (χ0v) is 10.2. The molecule has 15 heavy (non-hydrogen) atoms. The average molecular weight is 260 g/mol. The highest BCUT2D eigenvalue weighted by Gasteiger charge is 2.18. The van der Waals surface area contributed by atoms with Gasteiger partial charge in [-0.2, -0.15) is 0 Å². The number of sulfonamides is 1. The molecule has 0 unspecified atom stereocenters. The first-order chi connectivity index (χ1) is 6.98. The maximum Gasteiger partial charge on any atom is 0.248 e. The fourth-order valence-corrected chi connectivity index (χ4v) is 3.62. The van der Waals surface area contributed by atoms with Crippen LogP contribution in [0.1, 0.15) is 5.01 Å². The Hall–Kier alpha value is -0.760. The molecular weight excluding hydrogens is 252 g/mol. The molecular formula is C8H8N2O2S3. The molecule has 2 heterocycles. The summed E-state index contributed by atoms with van der Waals surface area (Å²) in [6, 6.07) is 1.72. The minimum absolute atomic E-state index is 0.174. The van der Waals surface area contributed by atoms with E-state index in [1.807, 2.05) is 12.3 Å². The van der Waals surface area contributed by atoms with Gasteiger partial charge in [-0.3, -0.25) is 0 Å². The van der Waals surface area contributed by atoms with Crippen LogP contribution in [0.2, 0.25) is 0 Å². The van der Waals surface area contributed by atoms with E-state index in [4.69, 9.17) is 5.14 Å². The zero-order chi connectivity index (χ0) is 11.1. The van der Waals surface area contributed by atoms with Crippen LogP contribution in [0.3, 0.4) is 0 Å². The summed E-state index contributed by atoms with van der Waals surface area (Å²) in [4.78, 5) is 4.23. The lowest BCUT2D eigenvalue weighted by atomic mass is 10.3. The standard InChI is InChI=1S/C8H8N2O2S3/c1-5-10-7(4-14-5)6-2-3-13-8(6)15(9,11)12/h2-4H,1H3,(H2,9,11,12). The Morgan fingerprint density at radius 3 is 2.67 bits per heavy atom. The molecule has 0 radical (unpaired) electrons. The molecule has 7 heteroatoms. The highest BCUT2D eigenvalue weighted by molar-refractivity contribution is 7.91. The van der Waals surface area contributed by atoms with Crippen molar-refractivity contribution in [2.45, 2.75) is 11.1 Å². The van der Waals surface area contributed by atoms with Crippen molar-refractivity contribution in [3.05, 3.63) is 21.8 Å². The van der Waals surface area contributed by atoms with Crippen LogP contribution in [0.15, 0.2) is 21.0 Å². The molecule has 0 aliphatic rings. The van der Waals surface area contributed by atoms with Crippen molar-refractivity contribution in [1.82, 2.24) is 4.98 Å². The van der Waals surface area contributed by atoms with Crippen LogP contribution >= 0.6 is 22.7 Å². The predicted octanol–water partition coefficient (Wildman–Crippen LogP) is 1.83. The van der Waals surface area contributed by atoms with Crippen molar-refractivity contribution < 1.29 is 8.42 Å². The molecule has 2 N–H and O–H groups in total. The second-order valence-corrected chi connectivity index (χ2v) is 6.65. The van der Waals surface area contributed by atoms with Gasteiger partial charge in [-0.05, 0) is 18.4 Å². The van der Waals surface area contributed by atoms with Crippen LogP contribution < -0.4 is 5.14 Å². The van der Waals surface area contributed by atoms with Gasteiger partial charge in [0, 0.05) is 10.9 Å². The second kappa shape index (κ2) is 3.67. The molecule has 0 aliphatic carbocycles. The first-order valence-electron chi connectivity index (χ1n) is 4.01. The minimum Gasteiger partial charge on any atom is -0.241 e. The normalized spacial score (nSPS) is 11.9. The maximum absolute atomic E-state index is 11.3. The molecule has 80 valence electrons. The molecule has 0 fully saturated rings. The van der Waals surface area contributed by atoms with Crippen molar-refractivity contribution in [1.29, 1.82) is 0 Å². The van der Waals surface area contributed by atoms with E-state index in [2.05, 4.69) is 4.98 Å². The number of nitrogens with two attached hydrogens (primary N) is 1. The molecule has 0 saturated heterocycles. The average Bonchev–Trinajstić information content (AvgIpc) is 2.68. The summed E-state index contributed by atoms with van der Waals surface area (Å²) in [7, 11) is -3.65. The Bertz CT molecular complexity index is 583. The van der Waals surface area contributed by atoms with Crippen LogP contribution in [0.25, 0.3) is 11.3 Å². The van der Waals surface area contributed by atoms with Gasteiger partial charge < -0.3 is 0 Å². The lowest BCUT2D eigenvalue weighted by Crippen LogP contribution is -2.11. The molecule has 2 rings (SSSR count). The molecule has 0 atom stereocenters. The monoisotopic (exact) mass is 260 g/mol. The summed E-state index contributed by atoms with van der Waals surface area (Å²) in [5.74, 6) is 0. The van der Waals surface area contributed by atoms with Gasteiger partial charge >= 0.3 is 0 Å². The van der Waals surface area contributed by atoms with E-state index >= 15 is 0 Å². The van der Waals surface area contributed by atoms with E-state index in [0.29, 0.717) is 11.3 Å². The summed E-state index contributed by atoms with van der Waals surface area (Å²) in [5.41, 5.74) is 1.26. The van der Waals surface area contributed by atoms with Gasteiger partial charge in [-0.15, -0.1) is 22.7 Å². The smallest absolute Gasteiger partial charge is 0.241 e. The first-order valence-corrected chi connectivity index (χ1v) is 7.32. The van der Waals surface area contributed by atoms with Crippen LogP contribution in [0, 0.1) is 6.92 Å². The van der Waals surface area contributed by atoms with Gasteiger partial charge in [0.15, 0.2) is 0 Å². The van der Waals surface area contributed by atoms with E-state index in [0.717, 1.165) is 16.3 Å². The van der Waals surface area contributed by atoms with Crippen LogP contribution in [0.5, 0.6) is 0 Å². The van der Waals surface area contributed by atoms with Crippen molar-refractivity contribution in [2.24, 2.45) is 5.14 Å². The van der Waals surface area contributed by atoms with Crippen LogP contribution in [-0.4, -0.2) is 13.4 Å². The first kappa shape index (κ1) is 10.7. The lowest BCUT2D eigenvalue weighted by molar-refractivity contribution is 0.600. The fourth-order valence-electron chi connectivity index (χ4n) is 1.19. The van der Waals surface area contributed by atoms with Gasteiger partial charge in [0.2, 0.25) is 10.0 Å². The fraction of sp³-hybridized carbons (Fsp3) is 0.125. The molecule has 2 aromatic rings. The molecule has 0 saturated carbocycles. The number of hydrogen-bond acceptors (Lipinski definition) is 5. The molecule has 4 nitrogen and oxygen atoms in total. The van der Waals surface area contributed by atoms with Crippen molar-refractivity contribution in [2.75, 3.05) is 0 Å². The second-order valence-electron chi connectivity index (χ2n) is 2.92. The molecule has 0 amide bonds. The summed E-state index contributed by atoms with van der Waals surface area (Å²) in [6.07, 6.45) is 0. The number of aryl methyl sites for hydroxylation is 1. The van der Waals surface area contributed by atoms with Crippen molar-refractivity contribution in [3.8, 4) is 11.3 Å². The Kier molecular flexibility index (Phi) is 2.63. The topological polar surface area (TPSA) is 73.0 Å². The number of hydrogen-bond donors (Lipinski definition) is 1. The van der Waals surface area contributed by atoms with Crippen molar-refractivity contribution >= 4 is 32.7 Å². The summed E-state index contributed by atoms with van der Waals surface area (Å²) >= 11 is 2.59. The summed E-state index contributed by atoms with van der Waals surface area (Å²) in [6.45, 7) is 1.87. The van der Waals surface area contributed by atoms with Gasteiger partial charge in [0.05, 0.1) is 10.7 Å². The van der Waals surface area contributed by atoms with Gasteiger partial charge in [0.1, 0.15) is 4.21 Å². The van der Waals surface area contributed by atoms with Crippen molar-refractivity contribution in [3.63, 3.8) is 0 Å². The van der Waals surface area contributed by atoms with Gasteiger partial charge in [-0.1, -0.05) is 0 Å². The number of primary sulfonamides is 1. The van der Waals surface area contributed by atoms with E-state index in [1.165, 1.54) is 11.3 Å². The summed E-state index contributed by atoms with van der Waals surface area (Å²) in [5, 5.41) is 9.53. The Balaban J connectivity index is 2.60. The number of aromatic nitrogens is 1. The third-order valence-corrected chi connectivity index (χ3v) is 4.99. The van der Waals surface area contributed by atoms with Crippen LogP contribution in [-0.2, 0) is 10.0 Å². The number of thiophene rings is 1. The highest BCUT2D eigenvalue weighted by atomic mass is 32.2. The molecule has 2 aromatic heterocycles. The van der Waals surface area contributed by atoms with Gasteiger partial charge in [0.25, 0.3) is 0 Å². The summed E-state index contributed by atoms with van der Waals surface area (Å²) < 4.78 is 22.7. The van der Waals surface area contributed by atoms with E-state index in [-0.39, 0.29) is 4.21 Å². The molecule has 0 spiro atoms. The maximum atomic E-state index is 11.3. The lowest BCUT2D eigenvalue weighted by Gasteiger charge is -1.97. The molecule has 0 aromatic carbocycles. The molecule has 0 aliphatic heterocycles.